The summed E-state index contributed by atoms with van der Waals surface area (Å²) < 4.78 is 0. The Bertz CT molecular complexity index is 326. The highest BCUT2D eigenvalue weighted by Crippen LogP contribution is 2.26. The molecule has 0 heterocycles. The molecule has 0 radical (unpaired) electrons. The van der Waals surface area contributed by atoms with Gasteiger partial charge in [-0.3, -0.25) is 0 Å². The zero-order chi connectivity index (χ0) is 11.6. The van der Waals surface area contributed by atoms with E-state index in [1.54, 1.807) is 0 Å². The maximum absolute atomic E-state index is 6.21. The van der Waals surface area contributed by atoms with Crippen molar-refractivity contribution in [3.05, 3.63) is 34.9 Å². The molecule has 1 unspecified atom stereocenters. The van der Waals surface area contributed by atoms with Gasteiger partial charge in [0, 0.05) is 6.04 Å². The summed E-state index contributed by atoms with van der Waals surface area (Å²) >= 11 is 0. The van der Waals surface area contributed by atoms with Crippen LogP contribution in [0.15, 0.2) is 18.2 Å². The minimum atomic E-state index is 0.156. The lowest BCUT2D eigenvalue weighted by atomic mass is 9.90. The molecule has 1 rings (SSSR count). The van der Waals surface area contributed by atoms with Crippen LogP contribution in [-0.2, 0) is 0 Å². The van der Waals surface area contributed by atoms with Gasteiger partial charge in [0.15, 0.2) is 0 Å². The van der Waals surface area contributed by atoms with Crippen molar-refractivity contribution in [2.75, 3.05) is 0 Å². The van der Waals surface area contributed by atoms with Crippen LogP contribution in [0.4, 0.5) is 0 Å². The fraction of sp³-hybridized carbons (Fsp3) is 0.571. The van der Waals surface area contributed by atoms with Crippen LogP contribution >= 0.6 is 0 Å². The van der Waals surface area contributed by atoms with Crippen LogP contribution in [0.25, 0.3) is 0 Å². The minimum absolute atomic E-state index is 0.156. The van der Waals surface area contributed by atoms with E-state index < -0.39 is 0 Å². The summed E-state index contributed by atoms with van der Waals surface area (Å²) in [5, 5.41) is 0. The highest BCUT2D eigenvalue weighted by Gasteiger charge is 2.13. The number of rotatable bonds is 3. The molecule has 1 atom stereocenters. The van der Waals surface area contributed by atoms with Crippen molar-refractivity contribution in [1.29, 1.82) is 0 Å². The van der Waals surface area contributed by atoms with Crippen LogP contribution in [0.3, 0.4) is 0 Å². The van der Waals surface area contributed by atoms with E-state index in [4.69, 9.17) is 5.73 Å². The predicted octanol–water partition coefficient (Wildman–Crippen LogP) is 3.77. The monoisotopic (exact) mass is 205 g/mol. The molecule has 0 amide bonds. The second kappa shape index (κ2) is 4.80. The molecule has 0 spiro atoms. The zero-order valence-electron chi connectivity index (χ0n) is 10.5. The first-order valence-corrected chi connectivity index (χ1v) is 5.79. The van der Waals surface area contributed by atoms with Gasteiger partial charge in [-0.15, -0.1) is 0 Å². The Morgan fingerprint density at radius 1 is 1.07 bits per heavy atom. The van der Waals surface area contributed by atoms with Gasteiger partial charge < -0.3 is 5.73 Å². The first-order valence-electron chi connectivity index (χ1n) is 5.79. The minimum Gasteiger partial charge on any atom is -0.324 e. The second-order valence-electron chi connectivity index (χ2n) is 5.04. The summed E-state index contributed by atoms with van der Waals surface area (Å²) in [5.74, 6) is 1.06. The Kier molecular flexibility index (Phi) is 3.92. The number of hydrogen-bond acceptors (Lipinski definition) is 1. The summed E-state index contributed by atoms with van der Waals surface area (Å²) in [6.45, 7) is 10.9. The fourth-order valence-electron chi connectivity index (χ4n) is 1.74. The van der Waals surface area contributed by atoms with Crippen molar-refractivity contribution in [2.45, 2.75) is 46.6 Å². The van der Waals surface area contributed by atoms with Crippen LogP contribution in [0, 0.1) is 12.8 Å². The molecule has 1 aromatic rings. The largest absolute Gasteiger partial charge is 0.324 e. The molecule has 15 heavy (non-hydrogen) atoms. The summed E-state index contributed by atoms with van der Waals surface area (Å²) in [7, 11) is 0. The van der Waals surface area contributed by atoms with Gasteiger partial charge in [-0.1, -0.05) is 45.9 Å². The van der Waals surface area contributed by atoms with Crippen molar-refractivity contribution >= 4 is 0 Å². The SMILES string of the molecule is Cc1ccc(C(C)C)cc1C(N)C(C)C. The van der Waals surface area contributed by atoms with E-state index in [1.165, 1.54) is 16.7 Å². The highest BCUT2D eigenvalue weighted by atomic mass is 14.6. The van der Waals surface area contributed by atoms with Crippen molar-refractivity contribution in [3.8, 4) is 0 Å². The van der Waals surface area contributed by atoms with Crippen molar-refractivity contribution in [3.63, 3.8) is 0 Å². The summed E-state index contributed by atoms with van der Waals surface area (Å²) in [5.41, 5.74) is 10.2. The molecule has 1 aromatic carbocycles. The molecule has 1 heteroatoms. The molecular weight excluding hydrogens is 182 g/mol. The van der Waals surface area contributed by atoms with Gasteiger partial charge in [0.05, 0.1) is 0 Å². The highest BCUT2D eigenvalue weighted by molar-refractivity contribution is 5.34. The van der Waals surface area contributed by atoms with Gasteiger partial charge in [-0.05, 0) is 35.4 Å². The lowest BCUT2D eigenvalue weighted by Gasteiger charge is -2.20. The van der Waals surface area contributed by atoms with E-state index in [1.807, 2.05) is 0 Å². The van der Waals surface area contributed by atoms with E-state index in [2.05, 4.69) is 52.8 Å². The Hall–Kier alpha value is -0.820. The predicted molar refractivity (Wildman–Crippen MR) is 67.0 cm³/mol. The van der Waals surface area contributed by atoms with Crippen LogP contribution in [0.5, 0.6) is 0 Å². The van der Waals surface area contributed by atoms with Crippen LogP contribution in [0.2, 0.25) is 0 Å². The van der Waals surface area contributed by atoms with Crippen molar-refractivity contribution < 1.29 is 0 Å². The number of nitrogens with two attached hydrogens (primary N) is 1. The third-order valence-electron chi connectivity index (χ3n) is 3.05. The molecule has 84 valence electrons. The lowest BCUT2D eigenvalue weighted by Crippen LogP contribution is -2.18. The van der Waals surface area contributed by atoms with E-state index in [0.29, 0.717) is 11.8 Å². The molecule has 0 aromatic heterocycles. The van der Waals surface area contributed by atoms with Gasteiger partial charge in [0.1, 0.15) is 0 Å². The topological polar surface area (TPSA) is 26.0 Å². The molecule has 1 nitrogen and oxygen atoms in total. The van der Waals surface area contributed by atoms with E-state index >= 15 is 0 Å². The Balaban J connectivity index is 3.10. The molecular formula is C14H23N. The first-order chi connectivity index (χ1) is 6.93. The van der Waals surface area contributed by atoms with Crippen LogP contribution in [-0.4, -0.2) is 0 Å². The Morgan fingerprint density at radius 2 is 1.67 bits per heavy atom. The van der Waals surface area contributed by atoms with Gasteiger partial charge in [0.25, 0.3) is 0 Å². The molecule has 2 N–H and O–H groups in total. The first kappa shape index (κ1) is 12.3. The second-order valence-corrected chi connectivity index (χ2v) is 5.04. The smallest absolute Gasteiger partial charge is 0.0320 e. The molecule has 0 aliphatic rings. The van der Waals surface area contributed by atoms with Crippen LogP contribution < -0.4 is 5.73 Å². The summed E-state index contributed by atoms with van der Waals surface area (Å²) in [6.07, 6.45) is 0. The standard InChI is InChI=1S/C14H23N/c1-9(2)12-7-6-11(5)13(8-12)14(15)10(3)4/h6-10,14H,15H2,1-5H3. The molecule has 0 bridgehead atoms. The average molecular weight is 205 g/mol. The molecule has 0 fully saturated rings. The molecule has 0 aliphatic carbocycles. The Morgan fingerprint density at radius 3 is 2.13 bits per heavy atom. The number of benzene rings is 1. The third-order valence-corrected chi connectivity index (χ3v) is 3.05. The maximum Gasteiger partial charge on any atom is 0.0320 e. The van der Waals surface area contributed by atoms with Gasteiger partial charge in [-0.2, -0.15) is 0 Å². The van der Waals surface area contributed by atoms with E-state index in [-0.39, 0.29) is 6.04 Å². The molecule has 0 aliphatic heterocycles. The van der Waals surface area contributed by atoms with E-state index in [9.17, 15) is 0 Å². The van der Waals surface area contributed by atoms with Gasteiger partial charge in [-0.25, -0.2) is 0 Å². The maximum atomic E-state index is 6.21. The average Bonchev–Trinajstić information content (AvgIpc) is 2.16. The third kappa shape index (κ3) is 2.82. The number of hydrogen-bond donors (Lipinski definition) is 1. The zero-order valence-corrected chi connectivity index (χ0v) is 10.5. The molecule has 0 saturated heterocycles. The molecule has 0 saturated carbocycles. The van der Waals surface area contributed by atoms with Gasteiger partial charge >= 0.3 is 0 Å². The summed E-state index contributed by atoms with van der Waals surface area (Å²) in [4.78, 5) is 0. The Labute approximate surface area is 93.7 Å². The fourth-order valence-corrected chi connectivity index (χ4v) is 1.74. The van der Waals surface area contributed by atoms with Crippen LogP contribution in [0.1, 0.15) is 56.3 Å². The number of aryl methyl sites for hydroxylation is 1. The summed E-state index contributed by atoms with van der Waals surface area (Å²) in [6, 6.07) is 6.82. The quantitative estimate of drug-likeness (QED) is 0.798. The van der Waals surface area contributed by atoms with Crippen molar-refractivity contribution in [2.24, 2.45) is 11.7 Å². The van der Waals surface area contributed by atoms with Gasteiger partial charge in [0.2, 0.25) is 0 Å². The van der Waals surface area contributed by atoms with Crippen molar-refractivity contribution in [1.82, 2.24) is 0 Å². The van der Waals surface area contributed by atoms with E-state index in [0.717, 1.165) is 0 Å². The normalized spacial score (nSPS) is 13.6. The lowest BCUT2D eigenvalue weighted by molar-refractivity contribution is 0.511.